The third-order valence-corrected chi connectivity index (χ3v) is 4.67. The highest BCUT2D eigenvalue weighted by atomic mass is 16.2. The fraction of sp³-hybridized carbons (Fsp3) is 0.217. The van der Waals surface area contributed by atoms with Gasteiger partial charge in [-0.2, -0.15) is 0 Å². The van der Waals surface area contributed by atoms with E-state index in [9.17, 15) is 9.59 Å². The van der Waals surface area contributed by atoms with Gasteiger partial charge in [-0.25, -0.2) is 0 Å². The molecule has 0 heterocycles. The van der Waals surface area contributed by atoms with Crippen LogP contribution in [0.4, 0.5) is 5.69 Å². The van der Waals surface area contributed by atoms with Gasteiger partial charge in [-0.15, -0.1) is 0 Å². The zero-order chi connectivity index (χ0) is 19.2. The molecular formula is C23H24N2O2. The van der Waals surface area contributed by atoms with Gasteiger partial charge >= 0.3 is 0 Å². The maximum absolute atomic E-state index is 12.5. The zero-order valence-corrected chi connectivity index (χ0v) is 15.7. The van der Waals surface area contributed by atoms with Crippen LogP contribution in [-0.2, 0) is 11.2 Å². The molecule has 0 aliphatic rings. The molecule has 0 unspecified atom stereocenters. The lowest BCUT2D eigenvalue weighted by molar-refractivity contribution is -0.115. The fourth-order valence-corrected chi connectivity index (χ4v) is 3.25. The van der Waals surface area contributed by atoms with Gasteiger partial charge < -0.3 is 10.2 Å². The number of carbonyl (C=O) groups is 2. The van der Waals surface area contributed by atoms with Crippen LogP contribution in [0.5, 0.6) is 0 Å². The molecule has 0 aliphatic heterocycles. The minimum atomic E-state index is -0.0983. The number of benzene rings is 3. The molecule has 3 aromatic carbocycles. The second kappa shape index (κ2) is 8.49. The van der Waals surface area contributed by atoms with Gasteiger partial charge in [-0.1, -0.05) is 48.5 Å². The van der Waals surface area contributed by atoms with Crippen LogP contribution >= 0.6 is 0 Å². The van der Waals surface area contributed by atoms with Crippen molar-refractivity contribution in [1.29, 1.82) is 0 Å². The topological polar surface area (TPSA) is 49.4 Å². The summed E-state index contributed by atoms with van der Waals surface area (Å²) in [6, 6.07) is 21.1. The van der Waals surface area contributed by atoms with Gasteiger partial charge in [-0.05, 0) is 48.4 Å². The van der Waals surface area contributed by atoms with Crippen molar-refractivity contribution in [2.24, 2.45) is 0 Å². The maximum atomic E-state index is 12.5. The molecule has 3 rings (SSSR count). The summed E-state index contributed by atoms with van der Waals surface area (Å²) in [7, 11) is 0. The van der Waals surface area contributed by atoms with E-state index in [4.69, 9.17) is 0 Å². The Labute approximate surface area is 159 Å². The van der Waals surface area contributed by atoms with Crippen molar-refractivity contribution < 1.29 is 9.59 Å². The molecule has 0 fully saturated rings. The summed E-state index contributed by atoms with van der Waals surface area (Å²) in [4.78, 5) is 26.8. The van der Waals surface area contributed by atoms with Gasteiger partial charge in [0.2, 0.25) is 5.91 Å². The van der Waals surface area contributed by atoms with Crippen molar-refractivity contribution in [2.45, 2.75) is 20.3 Å². The largest absolute Gasteiger partial charge is 0.339 e. The molecule has 4 heteroatoms. The number of hydrogen-bond donors (Lipinski definition) is 1. The maximum Gasteiger partial charge on any atom is 0.253 e. The molecule has 27 heavy (non-hydrogen) atoms. The number of nitrogens with zero attached hydrogens (tertiary/aromatic N) is 1. The summed E-state index contributed by atoms with van der Waals surface area (Å²) in [5.74, 6) is -0.121. The summed E-state index contributed by atoms with van der Waals surface area (Å²) < 4.78 is 0. The lowest BCUT2D eigenvalue weighted by atomic mass is 10.0. The molecule has 3 aromatic rings. The van der Waals surface area contributed by atoms with Crippen molar-refractivity contribution in [2.75, 3.05) is 18.4 Å². The highest BCUT2D eigenvalue weighted by Crippen LogP contribution is 2.20. The Morgan fingerprint density at radius 2 is 1.59 bits per heavy atom. The van der Waals surface area contributed by atoms with Crippen LogP contribution in [0.2, 0.25) is 0 Å². The highest BCUT2D eigenvalue weighted by Gasteiger charge is 2.13. The second-order valence-electron chi connectivity index (χ2n) is 6.42. The van der Waals surface area contributed by atoms with E-state index in [2.05, 4.69) is 5.32 Å². The Hall–Kier alpha value is -3.14. The fourth-order valence-electron chi connectivity index (χ4n) is 3.25. The van der Waals surface area contributed by atoms with Crippen LogP contribution in [0.25, 0.3) is 10.8 Å². The third kappa shape index (κ3) is 4.34. The zero-order valence-electron chi connectivity index (χ0n) is 15.7. The second-order valence-corrected chi connectivity index (χ2v) is 6.42. The van der Waals surface area contributed by atoms with Crippen molar-refractivity contribution in [3.63, 3.8) is 0 Å². The Morgan fingerprint density at radius 1 is 0.889 bits per heavy atom. The van der Waals surface area contributed by atoms with Gasteiger partial charge in [0.05, 0.1) is 6.42 Å². The first-order valence-electron chi connectivity index (χ1n) is 9.28. The standard InChI is InChI=1S/C23H24N2O2/c1-3-25(4-2)23(27)19-12-8-13-20(15-19)24-22(26)16-18-11-7-10-17-9-5-6-14-21(17)18/h5-15H,3-4,16H2,1-2H3,(H,24,26). The molecule has 1 N–H and O–H groups in total. The normalized spacial score (nSPS) is 10.6. The minimum Gasteiger partial charge on any atom is -0.339 e. The Morgan fingerprint density at radius 3 is 2.37 bits per heavy atom. The van der Waals surface area contributed by atoms with Crippen LogP contribution in [0.15, 0.2) is 66.7 Å². The molecule has 4 nitrogen and oxygen atoms in total. The first-order chi connectivity index (χ1) is 13.1. The number of rotatable bonds is 6. The van der Waals surface area contributed by atoms with Gasteiger partial charge in [0.1, 0.15) is 0 Å². The lowest BCUT2D eigenvalue weighted by Crippen LogP contribution is -2.30. The Balaban J connectivity index is 1.74. The molecule has 0 saturated heterocycles. The summed E-state index contributed by atoms with van der Waals surface area (Å²) in [6.45, 7) is 5.23. The van der Waals surface area contributed by atoms with E-state index in [1.807, 2.05) is 56.3 Å². The van der Waals surface area contributed by atoms with Crippen LogP contribution in [0.3, 0.4) is 0 Å². The summed E-state index contributed by atoms with van der Waals surface area (Å²) in [5.41, 5.74) is 2.21. The highest BCUT2D eigenvalue weighted by molar-refractivity contribution is 5.99. The van der Waals surface area contributed by atoms with E-state index < -0.39 is 0 Å². The SMILES string of the molecule is CCN(CC)C(=O)c1cccc(NC(=O)Cc2cccc3ccccc23)c1. The van der Waals surface area contributed by atoms with E-state index in [1.165, 1.54) is 0 Å². The molecule has 0 bridgehead atoms. The summed E-state index contributed by atoms with van der Waals surface area (Å²) >= 11 is 0. The molecule has 0 saturated carbocycles. The number of amides is 2. The Bertz CT molecular complexity index is 956. The molecule has 0 radical (unpaired) electrons. The van der Waals surface area contributed by atoms with Gasteiger partial charge in [-0.3, -0.25) is 9.59 Å². The van der Waals surface area contributed by atoms with Crippen molar-refractivity contribution in [3.8, 4) is 0 Å². The molecular weight excluding hydrogens is 336 g/mol. The molecule has 0 aliphatic carbocycles. The van der Waals surface area contributed by atoms with Gasteiger partial charge in [0.15, 0.2) is 0 Å². The van der Waals surface area contributed by atoms with Crippen LogP contribution in [-0.4, -0.2) is 29.8 Å². The van der Waals surface area contributed by atoms with E-state index in [0.29, 0.717) is 24.3 Å². The minimum absolute atomic E-state index is 0.0230. The third-order valence-electron chi connectivity index (χ3n) is 4.67. The average molecular weight is 360 g/mol. The average Bonchev–Trinajstić information content (AvgIpc) is 2.69. The predicted octanol–water partition coefficient (Wildman–Crippen LogP) is 4.50. The van der Waals surface area contributed by atoms with E-state index in [0.717, 1.165) is 16.3 Å². The number of nitrogens with one attached hydrogen (secondary N) is 1. The summed E-state index contributed by atoms with van der Waals surface area (Å²) in [6.07, 6.45) is 0.287. The molecule has 0 atom stereocenters. The smallest absolute Gasteiger partial charge is 0.253 e. The Kier molecular flexibility index (Phi) is 5.87. The lowest BCUT2D eigenvalue weighted by Gasteiger charge is -2.19. The van der Waals surface area contributed by atoms with Crippen LogP contribution < -0.4 is 5.32 Å². The van der Waals surface area contributed by atoms with Crippen molar-refractivity contribution in [3.05, 3.63) is 77.9 Å². The monoisotopic (exact) mass is 360 g/mol. The number of fused-ring (bicyclic) bond motifs is 1. The first kappa shape index (κ1) is 18.6. The van der Waals surface area contributed by atoms with Crippen molar-refractivity contribution >= 4 is 28.3 Å². The van der Waals surface area contributed by atoms with E-state index in [-0.39, 0.29) is 18.2 Å². The molecule has 0 spiro atoms. The number of anilines is 1. The summed E-state index contributed by atoms with van der Waals surface area (Å²) in [5, 5.41) is 5.12. The number of hydrogen-bond acceptors (Lipinski definition) is 2. The van der Waals surface area contributed by atoms with Gasteiger partial charge in [0.25, 0.3) is 5.91 Å². The predicted molar refractivity (Wildman–Crippen MR) is 110 cm³/mol. The van der Waals surface area contributed by atoms with Crippen molar-refractivity contribution in [1.82, 2.24) is 4.90 Å². The first-order valence-corrected chi connectivity index (χ1v) is 9.28. The van der Waals surface area contributed by atoms with Crippen LogP contribution in [0.1, 0.15) is 29.8 Å². The van der Waals surface area contributed by atoms with E-state index >= 15 is 0 Å². The van der Waals surface area contributed by atoms with Gasteiger partial charge in [0, 0.05) is 24.3 Å². The van der Waals surface area contributed by atoms with E-state index in [1.54, 1.807) is 29.2 Å². The quantitative estimate of drug-likeness (QED) is 0.703. The number of carbonyl (C=O) groups excluding carboxylic acids is 2. The van der Waals surface area contributed by atoms with Crippen LogP contribution in [0, 0.1) is 0 Å². The molecule has 138 valence electrons. The molecule has 0 aromatic heterocycles. The molecule has 2 amide bonds.